The molecule has 0 fully saturated rings. The van der Waals surface area contributed by atoms with Crippen molar-refractivity contribution in [2.24, 2.45) is 5.73 Å². The molecule has 2 nitrogen and oxygen atoms in total. The van der Waals surface area contributed by atoms with Crippen LogP contribution in [-0.4, -0.2) is 5.11 Å². The molecule has 0 saturated carbocycles. The van der Waals surface area contributed by atoms with Gasteiger partial charge in [-0.1, -0.05) is 6.07 Å². The molecule has 14 heavy (non-hydrogen) atoms. The summed E-state index contributed by atoms with van der Waals surface area (Å²) in [5.41, 5.74) is 9.40. The van der Waals surface area contributed by atoms with Crippen LogP contribution >= 0.6 is 22.6 Å². The van der Waals surface area contributed by atoms with Crippen LogP contribution in [0.15, 0.2) is 6.07 Å². The first-order chi connectivity index (χ1) is 6.61. The van der Waals surface area contributed by atoms with Gasteiger partial charge in [0.1, 0.15) is 5.75 Å². The van der Waals surface area contributed by atoms with Gasteiger partial charge in [-0.05, 0) is 59.9 Å². The molecule has 0 bridgehead atoms. The van der Waals surface area contributed by atoms with Crippen molar-refractivity contribution in [3.05, 3.63) is 26.3 Å². The Hall–Kier alpha value is -0.290. The van der Waals surface area contributed by atoms with Crippen molar-refractivity contribution in [1.29, 1.82) is 0 Å². The number of aryl methyl sites for hydroxylation is 1. The number of phenolic OH excluding ortho intramolecular Hbond substituents is 1. The van der Waals surface area contributed by atoms with Crippen molar-refractivity contribution in [2.75, 3.05) is 0 Å². The van der Waals surface area contributed by atoms with Crippen LogP contribution in [0, 0.1) is 3.57 Å². The zero-order valence-corrected chi connectivity index (χ0v) is 10.3. The van der Waals surface area contributed by atoms with E-state index >= 15 is 0 Å². The predicted octanol–water partition coefficient (Wildman–Crippen LogP) is 2.51. The first kappa shape index (κ1) is 10.2. The molecular formula is C11H14INO. The lowest BCUT2D eigenvalue weighted by atomic mass is 10.0. The van der Waals surface area contributed by atoms with Crippen LogP contribution in [0.4, 0.5) is 0 Å². The lowest BCUT2D eigenvalue weighted by molar-refractivity contribution is 0.459. The third kappa shape index (κ3) is 1.52. The van der Waals surface area contributed by atoms with Gasteiger partial charge in [0.2, 0.25) is 0 Å². The topological polar surface area (TPSA) is 46.2 Å². The Balaban J connectivity index is 2.61. The van der Waals surface area contributed by atoms with Gasteiger partial charge < -0.3 is 10.8 Å². The van der Waals surface area contributed by atoms with Crippen molar-refractivity contribution in [1.82, 2.24) is 0 Å². The van der Waals surface area contributed by atoms with Crippen LogP contribution < -0.4 is 5.73 Å². The summed E-state index contributed by atoms with van der Waals surface area (Å²) in [4.78, 5) is 0. The van der Waals surface area contributed by atoms with E-state index in [-0.39, 0.29) is 6.04 Å². The molecule has 1 aliphatic rings. The Bertz CT molecular complexity index is 374. The van der Waals surface area contributed by atoms with Crippen LogP contribution in [0.3, 0.4) is 0 Å². The minimum atomic E-state index is -0.0885. The summed E-state index contributed by atoms with van der Waals surface area (Å²) in [5, 5.41) is 9.94. The van der Waals surface area contributed by atoms with Gasteiger partial charge >= 0.3 is 0 Å². The van der Waals surface area contributed by atoms with Gasteiger partial charge in [0.15, 0.2) is 0 Å². The summed E-state index contributed by atoms with van der Waals surface area (Å²) >= 11 is 2.22. The van der Waals surface area contributed by atoms with Gasteiger partial charge in [-0.2, -0.15) is 0 Å². The first-order valence-electron chi connectivity index (χ1n) is 4.90. The monoisotopic (exact) mass is 303 g/mol. The van der Waals surface area contributed by atoms with Gasteiger partial charge in [-0.3, -0.25) is 0 Å². The van der Waals surface area contributed by atoms with Gasteiger partial charge in [0, 0.05) is 11.6 Å². The highest BCUT2D eigenvalue weighted by Crippen LogP contribution is 2.37. The van der Waals surface area contributed by atoms with E-state index in [1.54, 1.807) is 0 Å². The maximum absolute atomic E-state index is 9.94. The molecule has 1 aliphatic carbocycles. The predicted molar refractivity (Wildman–Crippen MR) is 65.5 cm³/mol. The molecule has 0 heterocycles. The van der Waals surface area contributed by atoms with E-state index in [2.05, 4.69) is 28.7 Å². The maximum atomic E-state index is 9.94. The molecule has 0 aromatic heterocycles. The number of phenols is 1. The van der Waals surface area contributed by atoms with Crippen molar-refractivity contribution < 1.29 is 5.11 Å². The molecular weight excluding hydrogens is 289 g/mol. The van der Waals surface area contributed by atoms with E-state index in [9.17, 15) is 5.11 Å². The third-order valence-corrected chi connectivity index (χ3v) is 3.99. The number of hydrogen-bond acceptors (Lipinski definition) is 2. The van der Waals surface area contributed by atoms with Gasteiger partial charge in [-0.25, -0.2) is 0 Å². The molecule has 3 N–H and O–H groups in total. The molecule has 76 valence electrons. The molecule has 2 rings (SSSR count). The average Bonchev–Trinajstić information content (AvgIpc) is 2.58. The van der Waals surface area contributed by atoms with Gasteiger partial charge in [0.05, 0.1) is 3.57 Å². The molecule has 3 heteroatoms. The molecule has 1 atom stereocenters. The molecule has 0 spiro atoms. The van der Waals surface area contributed by atoms with Crippen LogP contribution in [0.2, 0.25) is 0 Å². The molecule has 0 radical (unpaired) electrons. The van der Waals surface area contributed by atoms with E-state index in [4.69, 9.17) is 5.73 Å². The van der Waals surface area contributed by atoms with Crippen LogP contribution in [0.25, 0.3) is 0 Å². The van der Waals surface area contributed by atoms with Crippen molar-refractivity contribution in [2.45, 2.75) is 32.2 Å². The second kappa shape index (κ2) is 3.70. The summed E-state index contributed by atoms with van der Waals surface area (Å²) in [6.07, 6.45) is 3.43. The third-order valence-electron chi connectivity index (χ3n) is 2.83. The van der Waals surface area contributed by atoms with Crippen molar-refractivity contribution in [3.63, 3.8) is 0 Å². The Labute approximate surface area is 97.6 Å². The van der Waals surface area contributed by atoms with E-state index < -0.39 is 0 Å². The second-order valence-corrected chi connectivity index (χ2v) is 4.99. The average molecular weight is 303 g/mol. The highest BCUT2D eigenvalue weighted by atomic mass is 127. The molecule has 1 aromatic rings. The Kier molecular flexibility index (Phi) is 2.70. The number of hydrogen-bond donors (Lipinski definition) is 2. The minimum absolute atomic E-state index is 0.0885. The summed E-state index contributed by atoms with van der Waals surface area (Å²) in [5.74, 6) is 0.390. The Morgan fingerprint density at radius 1 is 1.50 bits per heavy atom. The highest BCUT2D eigenvalue weighted by Gasteiger charge is 2.20. The zero-order chi connectivity index (χ0) is 10.3. The highest BCUT2D eigenvalue weighted by molar-refractivity contribution is 14.1. The zero-order valence-electron chi connectivity index (χ0n) is 8.18. The van der Waals surface area contributed by atoms with Crippen molar-refractivity contribution >= 4 is 22.6 Å². The minimum Gasteiger partial charge on any atom is -0.506 e. The molecule has 0 aliphatic heterocycles. The fourth-order valence-corrected chi connectivity index (χ4v) is 2.98. The number of nitrogens with two attached hydrogens (primary N) is 1. The number of benzene rings is 1. The summed E-state index contributed by atoms with van der Waals surface area (Å²) in [6, 6.07) is 1.99. The smallest absolute Gasteiger partial charge is 0.133 e. The lowest BCUT2D eigenvalue weighted by Gasteiger charge is -2.13. The SMILES string of the molecule is CC(N)c1cc2c(c(I)c1O)CCC2. The summed E-state index contributed by atoms with van der Waals surface area (Å²) in [7, 11) is 0. The fourth-order valence-electron chi connectivity index (χ4n) is 2.05. The second-order valence-electron chi connectivity index (χ2n) is 3.91. The van der Waals surface area contributed by atoms with E-state index in [1.807, 2.05) is 6.92 Å². The van der Waals surface area contributed by atoms with E-state index in [0.717, 1.165) is 22.0 Å². The Morgan fingerprint density at radius 3 is 2.86 bits per heavy atom. The summed E-state index contributed by atoms with van der Waals surface area (Å²) in [6.45, 7) is 1.91. The number of aromatic hydroxyl groups is 1. The molecule has 1 aromatic carbocycles. The largest absolute Gasteiger partial charge is 0.506 e. The molecule has 1 unspecified atom stereocenters. The van der Waals surface area contributed by atoms with Crippen LogP contribution in [0.5, 0.6) is 5.75 Å². The van der Waals surface area contributed by atoms with Crippen LogP contribution in [-0.2, 0) is 12.8 Å². The van der Waals surface area contributed by atoms with Gasteiger partial charge in [0.25, 0.3) is 0 Å². The lowest BCUT2D eigenvalue weighted by Crippen LogP contribution is -2.07. The van der Waals surface area contributed by atoms with E-state index in [1.165, 1.54) is 17.5 Å². The van der Waals surface area contributed by atoms with E-state index in [0.29, 0.717) is 5.75 Å². The first-order valence-corrected chi connectivity index (χ1v) is 5.98. The summed E-state index contributed by atoms with van der Waals surface area (Å²) < 4.78 is 1.00. The standard InChI is InChI=1S/C11H14INO/c1-6(13)9-5-7-3-2-4-8(7)10(12)11(9)14/h5-6,14H,2-4,13H2,1H3. The van der Waals surface area contributed by atoms with Crippen LogP contribution in [0.1, 0.15) is 36.1 Å². The Morgan fingerprint density at radius 2 is 2.21 bits per heavy atom. The number of halogens is 1. The molecule has 0 saturated heterocycles. The fraction of sp³-hybridized carbons (Fsp3) is 0.455. The molecule has 0 amide bonds. The quantitative estimate of drug-likeness (QED) is 0.783. The van der Waals surface area contributed by atoms with Gasteiger partial charge in [-0.15, -0.1) is 0 Å². The normalized spacial score (nSPS) is 16.8. The number of fused-ring (bicyclic) bond motifs is 1. The number of rotatable bonds is 1. The maximum Gasteiger partial charge on any atom is 0.133 e. The van der Waals surface area contributed by atoms with Crippen molar-refractivity contribution in [3.8, 4) is 5.75 Å².